The molecule has 0 fully saturated rings. The minimum atomic E-state index is -0.745. The fourth-order valence-electron chi connectivity index (χ4n) is 2.65. The molecule has 0 saturated carbocycles. The molecule has 0 saturated heterocycles. The second-order valence-electron chi connectivity index (χ2n) is 5.09. The third kappa shape index (κ3) is 2.28. The van der Waals surface area contributed by atoms with E-state index in [4.69, 9.17) is 0 Å². The van der Waals surface area contributed by atoms with Crippen molar-refractivity contribution in [2.75, 3.05) is 0 Å². The van der Waals surface area contributed by atoms with E-state index >= 15 is 0 Å². The van der Waals surface area contributed by atoms with Gasteiger partial charge in [0.1, 0.15) is 11.3 Å². The third-order valence-corrected chi connectivity index (χ3v) is 4.20. The number of hydrogen-bond donors (Lipinski definition) is 1. The summed E-state index contributed by atoms with van der Waals surface area (Å²) in [6, 6.07) is 3.77. The van der Waals surface area contributed by atoms with E-state index in [-0.39, 0.29) is 0 Å². The topological polar surface area (TPSA) is 68.0 Å². The first-order valence-electron chi connectivity index (χ1n) is 7.11. The predicted molar refractivity (Wildman–Crippen MR) is 77.6 cm³/mol. The normalized spacial score (nSPS) is 11.9. The van der Waals surface area contributed by atoms with Crippen LogP contribution in [0.1, 0.15) is 39.4 Å². The van der Waals surface area contributed by atoms with Crippen LogP contribution in [0.4, 0.5) is 0 Å². The molecule has 0 unspecified atom stereocenters. The van der Waals surface area contributed by atoms with Gasteiger partial charge in [-0.2, -0.15) is 0 Å². The number of hydrogen-bond acceptors (Lipinski definition) is 3. The Morgan fingerprint density at radius 1 is 1.35 bits per heavy atom. The maximum absolute atomic E-state index is 11.7. The molecule has 0 amide bonds. The number of carboxylic acids is 1. The van der Waals surface area contributed by atoms with Crippen LogP contribution in [0.15, 0.2) is 18.3 Å². The highest BCUT2D eigenvalue weighted by Crippen LogP contribution is 2.32. The number of pyridine rings is 1. The van der Waals surface area contributed by atoms with Gasteiger partial charge in [0.25, 0.3) is 0 Å². The number of imidazole rings is 1. The van der Waals surface area contributed by atoms with Crippen molar-refractivity contribution in [1.82, 2.24) is 14.5 Å². The molecule has 0 aliphatic heterocycles. The minimum absolute atomic E-state index is 0.444. The molecule has 0 bridgehead atoms. The highest BCUT2D eigenvalue weighted by molar-refractivity contribution is 5.75. The maximum Gasteiger partial charge on any atom is 0.310 e. The standard InChI is InChI=1S/C15H21N3O2/c1-4-15(5-2,14(19)20)10-12-17-11-8-7-9-16-13(11)18(12)6-3/h7-9H,4-6,10H2,1-3H3,(H,19,20). The van der Waals surface area contributed by atoms with E-state index in [1.807, 2.05) is 37.5 Å². The summed E-state index contributed by atoms with van der Waals surface area (Å²) < 4.78 is 2.01. The van der Waals surface area contributed by atoms with Crippen molar-refractivity contribution in [3.63, 3.8) is 0 Å². The van der Waals surface area contributed by atoms with Crippen LogP contribution in [-0.4, -0.2) is 25.6 Å². The summed E-state index contributed by atoms with van der Waals surface area (Å²) in [7, 11) is 0. The molecule has 0 atom stereocenters. The van der Waals surface area contributed by atoms with Gasteiger partial charge in [0, 0.05) is 19.2 Å². The lowest BCUT2D eigenvalue weighted by atomic mass is 9.79. The molecule has 2 rings (SSSR count). The summed E-state index contributed by atoms with van der Waals surface area (Å²) in [5.41, 5.74) is 0.918. The molecule has 2 aromatic rings. The fourth-order valence-corrected chi connectivity index (χ4v) is 2.65. The Balaban J connectivity index is 2.50. The number of aryl methyl sites for hydroxylation is 1. The Morgan fingerprint density at radius 2 is 2.05 bits per heavy atom. The molecule has 2 heterocycles. The van der Waals surface area contributed by atoms with E-state index in [9.17, 15) is 9.90 Å². The lowest BCUT2D eigenvalue weighted by Gasteiger charge is -2.26. The highest BCUT2D eigenvalue weighted by Gasteiger charge is 2.36. The number of carbonyl (C=O) groups is 1. The number of rotatable bonds is 6. The van der Waals surface area contributed by atoms with E-state index in [0.29, 0.717) is 19.3 Å². The molecule has 108 valence electrons. The van der Waals surface area contributed by atoms with Crippen LogP contribution >= 0.6 is 0 Å². The van der Waals surface area contributed by atoms with E-state index in [1.165, 1.54) is 0 Å². The zero-order valence-corrected chi connectivity index (χ0v) is 12.3. The monoisotopic (exact) mass is 275 g/mol. The quantitative estimate of drug-likeness (QED) is 0.880. The summed E-state index contributed by atoms with van der Waals surface area (Å²) in [5.74, 6) is 0.0671. The van der Waals surface area contributed by atoms with Crippen LogP contribution in [0, 0.1) is 5.41 Å². The Kier molecular flexibility index (Phi) is 4.06. The molecule has 20 heavy (non-hydrogen) atoms. The van der Waals surface area contributed by atoms with Gasteiger partial charge in [-0.3, -0.25) is 4.79 Å². The molecule has 5 nitrogen and oxygen atoms in total. The van der Waals surface area contributed by atoms with Crippen molar-refractivity contribution in [2.45, 2.75) is 46.6 Å². The first kappa shape index (κ1) is 14.5. The predicted octanol–water partition coefficient (Wildman–Crippen LogP) is 2.88. The van der Waals surface area contributed by atoms with Crippen LogP contribution in [0.25, 0.3) is 11.2 Å². The molecule has 0 aliphatic rings. The third-order valence-electron chi connectivity index (χ3n) is 4.20. The van der Waals surface area contributed by atoms with Crippen LogP contribution in [-0.2, 0) is 17.8 Å². The average molecular weight is 275 g/mol. The molecular formula is C15H21N3O2. The van der Waals surface area contributed by atoms with Gasteiger partial charge in [-0.05, 0) is 31.9 Å². The molecule has 1 N–H and O–H groups in total. The molecule has 2 aromatic heterocycles. The number of aliphatic carboxylic acids is 1. The molecule has 0 spiro atoms. The molecule has 5 heteroatoms. The van der Waals surface area contributed by atoms with Gasteiger partial charge in [0.15, 0.2) is 5.65 Å². The van der Waals surface area contributed by atoms with Gasteiger partial charge in [-0.15, -0.1) is 0 Å². The fraction of sp³-hybridized carbons (Fsp3) is 0.533. The van der Waals surface area contributed by atoms with Gasteiger partial charge >= 0.3 is 5.97 Å². The second kappa shape index (κ2) is 5.61. The largest absolute Gasteiger partial charge is 0.481 e. The SMILES string of the molecule is CCn1c(CC(CC)(CC)C(=O)O)nc2cccnc21. The number of aromatic nitrogens is 3. The highest BCUT2D eigenvalue weighted by atomic mass is 16.4. The van der Waals surface area contributed by atoms with E-state index in [0.717, 1.165) is 23.5 Å². The number of fused-ring (bicyclic) bond motifs is 1. The van der Waals surface area contributed by atoms with Crippen LogP contribution < -0.4 is 0 Å². The Hall–Kier alpha value is -1.91. The van der Waals surface area contributed by atoms with Crippen LogP contribution in [0.2, 0.25) is 0 Å². The molecule has 0 radical (unpaired) electrons. The zero-order valence-electron chi connectivity index (χ0n) is 12.3. The van der Waals surface area contributed by atoms with Crippen molar-refractivity contribution in [2.24, 2.45) is 5.41 Å². The minimum Gasteiger partial charge on any atom is -0.481 e. The lowest BCUT2D eigenvalue weighted by molar-refractivity contribution is -0.149. The summed E-state index contributed by atoms with van der Waals surface area (Å²) in [6.07, 6.45) is 3.38. The molecule has 0 aliphatic carbocycles. The molecular weight excluding hydrogens is 254 g/mol. The number of nitrogens with zero attached hydrogens (tertiary/aromatic N) is 3. The van der Waals surface area contributed by atoms with E-state index in [1.54, 1.807) is 6.20 Å². The summed E-state index contributed by atoms with van der Waals surface area (Å²) in [6.45, 7) is 6.62. The van der Waals surface area contributed by atoms with Gasteiger partial charge in [0.05, 0.1) is 5.41 Å². The Labute approximate surface area is 118 Å². The van der Waals surface area contributed by atoms with E-state index < -0.39 is 11.4 Å². The van der Waals surface area contributed by atoms with Crippen molar-refractivity contribution >= 4 is 17.1 Å². The number of carboxylic acid groups (broad SMARTS) is 1. The second-order valence-corrected chi connectivity index (χ2v) is 5.09. The Morgan fingerprint density at radius 3 is 2.60 bits per heavy atom. The van der Waals surface area contributed by atoms with Crippen molar-refractivity contribution < 1.29 is 9.90 Å². The van der Waals surface area contributed by atoms with Gasteiger partial charge in [0.2, 0.25) is 0 Å². The Bertz CT molecular complexity index is 615. The summed E-state index contributed by atoms with van der Waals surface area (Å²) in [5, 5.41) is 9.57. The van der Waals surface area contributed by atoms with Crippen molar-refractivity contribution in [3.05, 3.63) is 24.2 Å². The zero-order chi connectivity index (χ0) is 14.8. The van der Waals surface area contributed by atoms with Crippen molar-refractivity contribution in [1.29, 1.82) is 0 Å². The van der Waals surface area contributed by atoms with Crippen molar-refractivity contribution in [3.8, 4) is 0 Å². The van der Waals surface area contributed by atoms with Gasteiger partial charge < -0.3 is 9.67 Å². The van der Waals surface area contributed by atoms with Gasteiger partial charge in [-0.1, -0.05) is 13.8 Å². The first-order chi connectivity index (χ1) is 9.57. The maximum atomic E-state index is 11.7. The first-order valence-corrected chi connectivity index (χ1v) is 7.11. The summed E-state index contributed by atoms with van der Waals surface area (Å²) >= 11 is 0. The van der Waals surface area contributed by atoms with Crippen LogP contribution in [0.3, 0.4) is 0 Å². The van der Waals surface area contributed by atoms with Crippen LogP contribution in [0.5, 0.6) is 0 Å². The molecule has 0 aromatic carbocycles. The lowest BCUT2D eigenvalue weighted by Crippen LogP contribution is -2.33. The van der Waals surface area contributed by atoms with Gasteiger partial charge in [-0.25, -0.2) is 9.97 Å². The smallest absolute Gasteiger partial charge is 0.310 e. The summed E-state index contributed by atoms with van der Waals surface area (Å²) in [4.78, 5) is 20.6. The van der Waals surface area contributed by atoms with E-state index in [2.05, 4.69) is 9.97 Å². The average Bonchev–Trinajstić information content (AvgIpc) is 2.81.